The van der Waals surface area contributed by atoms with Crippen molar-refractivity contribution in [3.8, 4) is 5.69 Å². The Morgan fingerprint density at radius 3 is 2.30 bits per heavy atom. The Labute approximate surface area is 158 Å². The molecule has 0 spiro atoms. The van der Waals surface area contributed by atoms with E-state index in [1.54, 1.807) is 18.7 Å². The van der Waals surface area contributed by atoms with Crippen molar-refractivity contribution in [2.75, 3.05) is 7.05 Å². The lowest BCUT2D eigenvalue weighted by atomic mass is 10.1. The third kappa shape index (κ3) is 4.14. The van der Waals surface area contributed by atoms with Crippen LogP contribution in [0.5, 0.6) is 0 Å². The quantitative estimate of drug-likeness (QED) is 0.700. The summed E-state index contributed by atoms with van der Waals surface area (Å²) in [4.78, 5) is 26.7. The number of benzene rings is 2. The highest BCUT2D eigenvalue weighted by Crippen LogP contribution is 2.11. The van der Waals surface area contributed by atoms with E-state index in [1.807, 2.05) is 42.5 Å². The molecule has 0 aliphatic rings. The topological polar surface area (TPSA) is 55.2 Å². The number of rotatable bonds is 5. The molecule has 0 N–H and O–H groups in total. The maximum absolute atomic E-state index is 12.8. The highest BCUT2D eigenvalue weighted by Gasteiger charge is 2.19. The van der Waals surface area contributed by atoms with Gasteiger partial charge in [0.2, 0.25) is 5.43 Å². The second-order valence-electron chi connectivity index (χ2n) is 6.58. The molecule has 5 heteroatoms. The predicted octanol–water partition coefficient (Wildman–Crippen LogP) is 3.38. The van der Waals surface area contributed by atoms with E-state index >= 15 is 0 Å². The Balaban J connectivity index is 1.88. The zero-order valence-electron chi connectivity index (χ0n) is 15.8. The summed E-state index contributed by atoms with van der Waals surface area (Å²) in [6.45, 7) is 4.32. The number of nitrogens with zero attached hydrogens (tertiary/aromatic N) is 3. The van der Waals surface area contributed by atoms with E-state index in [1.165, 1.54) is 16.5 Å². The molecule has 0 saturated carbocycles. The van der Waals surface area contributed by atoms with Gasteiger partial charge in [-0.05, 0) is 36.6 Å². The van der Waals surface area contributed by atoms with Crippen LogP contribution in [0.15, 0.2) is 65.5 Å². The van der Waals surface area contributed by atoms with Crippen LogP contribution in [0.25, 0.3) is 5.69 Å². The minimum atomic E-state index is -0.385. The van der Waals surface area contributed by atoms with Gasteiger partial charge in [-0.1, -0.05) is 49.4 Å². The molecule has 2 aromatic carbocycles. The SMILES string of the molecule is CCc1ccc(CN(C)C(=O)c2nn(-c3ccccc3)c(C)cc2=O)cc1. The minimum Gasteiger partial charge on any atom is -0.336 e. The van der Waals surface area contributed by atoms with Crippen LogP contribution in [0.1, 0.15) is 34.2 Å². The van der Waals surface area contributed by atoms with Gasteiger partial charge in [0.1, 0.15) is 0 Å². The van der Waals surface area contributed by atoms with Gasteiger partial charge in [0.05, 0.1) is 5.69 Å². The monoisotopic (exact) mass is 361 g/mol. The van der Waals surface area contributed by atoms with Gasteiger partial charge in [0.15, 0.2) is 5.69 Å². The summed E-state index contributed by atoms with van der Waals surface area (Å²) < 4.78 is 1.62. The molecule has 3 aromatic rings. The lowest BCUT2D eigenvalue weighted by Gasteiger charge is -2.18. The van der Waals surface area contributed by atoms with Crippen molar-refractivity contribution >= 4 is 5.91 Å². The molecule has 27 heavy (non-hydrogen) atoms. The van der Waals surface area contributed by atoms with Gasteiger partial charge in [-0.15, -0.1) is 0 Å². The molecule has 1 aromatic heterocycles. The van der Waals surface area contributed by atoms with Crippen LogP contribution >= 0.6 is 0 Å². The first-order valence-corrected chi connectivity index (χ1v) is 8.99. The molecule has 0 aliphatic carbocycles. The normalized spacial score (nSPS) is 10.6. The van der Waals surface area contributed by atoms with Crippen LogP contribution < -0.4 is 5.43 Å². The van der Waals surface area contributed by atoms with Gasteiger partial charge in [-0.2, -0.15) is 5.10 Å². The van der Waals surface area contributed by atoms with Crippen molar-refractivity contribution in [1.29, 1.82) is 0 Å². The molecule has 138 valence electrons. The van der Waals surface area contributed by atoms with Crippen LogP contribution in [0.2, 0.25) is 0 Å². The number of hydrogen-bond acceptors (Lipinski definition) is 3. The summed E-state index contributed by atoms with van der Waals surface area (Å²) in [6.07, 6.45) is 0.974. The standard InChI is InChI=1S/C22H23N3O2/c1-4-17-10-12-18(13-11-17)15-24(3)22(27)21-20(26)14-16(2)25(23-21)19-8-6-5-7-9-19/h5-14H,4,15H2,1-3H3. The van der Waals surface area contributed by atoms with E-state index in [9.17, 15) is 9.59 Å². The number of aryl methyl sites for hydroxylation is 2. The average Bonchev–Trinajstić information content (AvgIpc) is 2.69. The zero-order valence-corrected chi connectivity index (χ0v) is 15.8. The molecular weight excluding hydrogens is 338 g/mol. The van der Waals surface area contributed by atoms with Crippen molar-refractivity contribution in [1.82, 2.24) is 14.7 Å². The average molecular weight is 361 g/mol. The molecule has 0 atom stereocenters. The molecule has 0 fully saturated rings. The maximum Gasteiger partial charge on any atom is 0.278 e. The Morgan fingerprint density at radius 2 is 1.67 bits per heavy atom. The van der Waals surface area contributed by atoms with Crippen LogP contribution in [0.3, 0.4) is 0 Å². The van der Waals surface area contributed by atoms with Crippen LogP contribution in [-0.4, -0.2) is 27.6 Å². The van der Waals surface area contributed by atoms with Crippen molar-refractivity contribution in [3.05, 3.63) is 93.4 Å². The molecule has 5 nitrogen and oxygen atoms in total. The highest BCUT2D eigenvalue weighted by atomic mass is 16.2. The van der Waals surface area contributed by atoms with Gasteiger partial charge in [-0.3, -0.25) is 9.59 Å². The maximum atomic E-state index is 12.8. The molecule has 0 bridgehead atoms. The molecule has 3 rings (SSSR count). The number of para-hydroxylation sites is 1. The van der Waals surface area contributed by atoms with Crippen molar-refractivity contribution in [3.63, 3.8) is 0 Å². The van der Waals surface area contributed by atoms with Gasteiger partial charge < -0.3 is 4.90 Å². The first kappa shape index (κ1) is 18.6. The van der Waals surface area contributed by atoms with Crippen molar-refractivity contribution in [2.45, 2.75) is 26.8 Å². The van der Waals surface area contributed by atoms with E-state index in [2.05, 4.69) is 24.2 Å². The number of amides is 1. The summed E-state index contributed by atoms with van der Waals surface area (Å²) in [6, 6.07) is 19.0. The smallest absolute Gasteiger partial charge is 0.278 e. The van der Waals surface area contributed by atoms with Crippen molar-refractivity contribution < 1.29 is 4.79 Å². The third-order valence-corrected chi connectivity index (χ3v) is 4.51. The van der Waals surface area contributed by atoms with E-state index < -0.39 is 0 Å². The summed E-state index contributed by atoms with van der Waals surface area (Å²) in [5.74, 6) is -0.385. The summed E-state index contributed by atoms with van der Waals surface area (Å²) in [5, 5.41) is 4.35. The Kier molecular flexibility index (Phi) is 5.50. The molecule has 0 unspecified atom stereocenters. The Bertz CT molecular complexity index is 992. The summed E-state index contributed by atoms with van der Waals surface area (Å²) >= 11 is 0. The van der Waals surface area contributed by atoms with Gasteiger partial charge in [-0.25, -0.2) is 4.68 Å². The predicted molar refractivity (Wildman–Crippen MR) is 106 cm³/mol. The van der Waals surface area contributed by atoms with Crippen LogP contribution in [-0.2, 0) is 13.0 Å². The molecule has 0 saturated heterocycles. The fraction of sp³-hybridized carbons (Fsp3) is 0.227. The Hall–Kier alpha value is -3.21. The fourth-order valence-electron chi connectivity index (χ4n) is 2.93. The number of carbonyl (C=O) groups is 1. The molecule has 0 aliphatic heterocycles. The fourth-order valence-corrected chi connectivity index (χ4v) is 2.93. The number of hydrogen-bond donors (Lipinski definition) is 0. The lowest BCUT2D eigenvalue weighted by Crippen LogP contribution is -2.33. The van der Waals surface area contributed by atoms with Gasteiger partial charge >= 0.3 is 0 Å². The summed E-state index contributed by atoms with van der Waals surface area (Å²) in [5.41, 5.74) is 3.31. The Morgan fingerprint density at radius 1 is 1.04 bits per heavy atom. The number of carbonyl (C=O) groups excluding carboxylic acids is 1. The van der Waals surface area contributed by atoms with Crippen molar-refractivity contribution in [2.24, 2.45) is 0 Å². The largest absolute Gasteiger partial charge is 0.336 e. The first-order valence-electron chi connectivity index (χ1n) is 8.99. The van der Waals surface area contributed by atoms with Gasteiger partial charge in [0, 0.05) is 25.4 Å². The van der Waals surface area contributed by atoms with E-state index in [0.29, 0.717) is 12.2 Å². The summed E-state index contributed by atoms with van der Waals surface area (Å²) in [7, 11) is 1.68. The van der Waals surface area contributed by atoms with Crippen LogP contribution in [0.4, 0.5) is 0 Å². The third-order valence-electron chi connectivity index (χ3n) is 4.51. The highest BCUT2D eigenvalue weighted by molar-refractivity contribution is 5.91. The zero-order chi connectivity index (χ0) is 19.4. The van der Waals surface area contributed by atoms with E-state index in [0.717, 1.165) is 17.7 Å². The molecular formula is C22H23N3O2. The second kappa shape index (κ2) is 7.99. The molecule has 1 amide bonds. The van der Waals surface area contributed by atoms with Gasteiger partial charge in [0.25, 0.3) is 5.91 Å². The van der Waals surface area contributed by atoms with E-state index in [-0.39, 0.29) is 17.0 Å². The molecule has 0 radical (unpaired) electrons. The minimum absolute atomic E-state index is 0.0721. The first-order chi connectivity index (χ1) is 13.0. The van der Waals surface area contributed by atoms with Crippen LogP contribution in [0, 0.1) is 6.92 Å². The lowest BCUT2D eigenvalue weighted by molar-refractivity contribution is 0.0776. The number of aromatic nitrogens is 2. The second-order valence-corrected chi connectivity index (χ2v) is 6.58. The van der Waals surface area contributed by atoms with E-state index in [4.69, 9.17) is 0 Å². The molecule has 1 heterocycles.